The number of aromatic amines is 2. The van der Waals surface area contributed by atoms with Crippen LogP contribution in [0.4, 0.5) is 9.59 Å². The molecule has 5 aromatic rings. The molecule has 3 fully saturated rings. The first kappa shape index (κ1) is 44.3. The molecular formula is C51H64N8O6. The standard InChI is InChI=1S/C51H64N8O6/c1-28(2)43(56-49(62)64-6)47(60)58-22-8-10-41(58)45-52-37-16-12-31(24-39(37)54-45)33-14-15-34(36-27-51(26-35(33)36)20-18-30(5)19-21-51)32-13-17-38-40(25-32)55-46(53-38)42-11-9-23-59(42)48(61)44(29(3)4)57-50(63)65-7/h12-17,24-25,28-30,41-44H,8-11,18-23,26-27H2,1-7H3,(H,52,54)(H,53,55)(H,56,62)(H,57,63)/t41-,42-,43-,44-/m0/s1. The van der Waals surface area contributed by atoms with E-state index in [4.69, 9.17) is 19.4 Å². The van der Waals surface area contributed by atoms with Gasteiger partial charge >= 0.3 is 12.2 Å². The molecule has 344 valence electrons. The van der Waals surface area contributed by atoms with Crippen LogP contribution in [0.15, 0.2) is 48.5 Å². The average Bonchev–Trinajstić information content (AvgIpc) is 4.15. The molecule has 2 aliphatic heterocycles. The number of likely N-dealkylation sites (tertiary alicyclic amines) is 2. The number of nitrogens with zero attached hydrogens (tertiary/aromatic N) is 4. The minimum Gasteiger partial charge on any atom is -0.453 e. The van der Waals surface area contributed by atoms with Crippen LogP contribution in [-0.4, -0.2) is 93.1 Å². The molecule has 4 amide bonds. The number of imidazole rings is 2. The number of carbonyl (C=O) groups excluding carboxylic acids is 4. The molecule has 2 aromatic heterocycles. The summed E-state index contributed by atoms with van der Waals surface area (Å²) in [6, 6.07) is 15.8. The Labute approximate surface area is 381 Å². The van der Waals surface area contributed by atoms with E-state index in [9.17, 15) is 19.2 Å². The van der Waals surface area contributed by atoms with Gasteiger partial charge in [0.05, 0.1) is 48.4 Å². The topological polar surface area (TPSA) is 175 Å². The fourth-order valence-corrected chi connectivity index (χ4v) is 11.3. The highest BCUT2D eigenvalue weighted by molar-refractivity contribution is 5.90. The van der Waals surface area contributed by atoms with Crippen LogP contribution in [-0.2, 0) is 31.9 Å². The van der Waals surface area contributed by atoms with Crippen LogP contribution in [0.5, 0.6) is 0 Å². The minimum atomic E-state index is -0.694. The van der Waals surface area contributed by atoms with Crippen molar-refractivity contribution in [2.75, 3.05) is 27.3 Å². The quantitative estimate of drug-likeness (QED) is 0.107. The van der Waals surface area contributed by atoms with E-state index in [1.807, 2.05) is 37.5 Å². The molecule has 1 spiro atoms. The molecule has 4 atom stereocenters. The molecule has 65 heavy (non-hydrogen) atoms. The van der Waals surface area contributed by atoms with Gasteiger partial charge in [-0.15, -0.1) is 0 Å². The number of fused-ring (bicyclic) bond motifs is 3. The Kier molecular flexibility index (Phi) is 12.1. The average molecular weight is 885 g/mol. The van der Waals surface area contributed by atoms with E-state index in [1.54, 1.807) is 0 Å². The summed E-state index contributed by atoms with van der Waals surface area (Å²) in [5.74, 6) is 1.80. The zero-order chi connectivity index (χ0) is 45.7. The number of nitrogens with one attached hydrogen (secondary N) is 4. The van der Waals surface area contributed by atoms with Gasteiger partial charge in [-0.2, -0.15) is 0 Å². The van der Waals surface area contributed by atoms with E-state index in [1.165, 1.54) is 62.2 Å². The lowest BCUT2D eigenvalue weighted by molar-refractivity contribution is -0.136. The lowest BCUT2D eigenvalue weighted by Gasteiger charge is -2.36. The van der Waals surface area contributed by atoms with Gasteiger partial charge in [-0.3, -0.25) is 9.59 Å². The van der Waals surface area contributed by atoms with Gasteiger partial charge in [0.25, 0.3) is 0 Å². The lowest BCUT2D eigenvalue weighted by Crippen LogP contribution is -2.51. The van der Waals surface area contributed by atoms with Crippen molar-refractivity contribution in [2.24, 2.45) is 23.2 Å². The van der Waals surface area contributed by atoms with Gasteiger partial charge in [-0.05, 0) is 132 Å². The third-order valence-electron chi connectivity index (χ3n) is 15.0. The first-order valence-corrected chi connectivity index (χ1v) is 23.7. The number of carbonyl (C=O) groups is 4. The molecule has 1 saturated carbocycles. The summed E-state index contributed by atoms with van der Waals surface area (Å²) in [5.41, 5.74) is 11.5. The van der Waals surface area contributed by atoms with E-state index in [2.05, 4.69) is 76.1 Å². The van der Waals surface area contributed by atoms with Gasteiger partial charge < -0.3 is 39.9 Å². The number of aromatic nitrogens is 4. The fourth-order valence-electron chi connectivity index (χ4n) is 11.3. The fraction of sp³-hybridized carbons (Fsp3) is 0.529. The molecule has 2 aliphatic carbocycles. The normalized spacial score (nSPS) is 20.5. The molecular weight excluding hydrogens is 821 g/mol. The Morgan fingerprint density at radius 3 is 1.49 bits per heavy atom. The zero-order valence-electron chi connectivity index (χ0n) is 38.9. The van der Waals surface area contributed by atoms with Gasteiger partial charge in [0.15, 0.2) is 0 Å². The van der Waals surface area contributed by atoms with Gasteiger partial charge in [0.2, 0.25) is 11.8 Å². The van der Waals surface area contributed by atoms with Gasteiger partial charge in [-0.1, -0.05) is 71.7 Å². The maximum atomic E-state index is 13.9. The van der Waals surface area contributed by atoms with E-state index in [0.29, 0.717) is 13.1 Å². The van der Waals surface area contributed by atoms with Crippen molar-refractivity contribution < 1.29 is 28.7 Å². The van der Waals surface area contributed by atoms with Crippen LogP contribution < -0.4 is 10.6 Å². The Morgan fingerprint density at radius 2 is 1.09 bits per heavy atom. The number of hydrogen-bond donors (Lipinski definition) is 4. The number of ether oxygens (including phenoxy) is 2. The number of H-pyrrole nitrogens is 2. The van der Waals surface area contributed by atoms with Crippen LogP contribution >= 0.6 is 0 Å². The SMILES string of the molecule is COC(=O)N[C@H](C(=O)N1CCC[C@H]1c1nc2ccc(-c3ccc(-c4ccc5nc([C@@H]6CCCN6C(=O)[C@@H](NC(=O)OC)C(C)C)[nH]c5c4)c4c3CC3(CCC(C)CC3)C4)cc2[nH]1)C(C)C. The molecule has 2 saturated heterocycles. The van der Waals surface area contributed by atoms with Crippen molar-refractivity contribution in [3.05, 3.63) is 71.3 Å². The number of methoxy groups -OCH3 is 2. The molecule has 14 nitrogen and oxygen atoms in total. The minimum absolute atomic E-state index is 0.110. The lowest BCUT2D eigenvalue weighted by atomic mass is 9.69. The highest BCUT2D eigenvalue weighted by atomic mass is 16.5. The number of hydrogen-bond acceptors (Lipinski definition) is 8. The second-order valence-corrected chi connectivity index (χ2v) is 20.0. The van der Waals surface area contributed by atoms with Crippen molar-refractivity contribution in [2.45, 2.75) is 123 Å². The molecule has 0 bridgehead atoms. The summed E-state index contributed by atoms with van der Waals surface area (Å²) in [7, 11) is 2.62. The van der Waals surface area contributed by atoms with Gasteiger partial charge in [0.1, 0.15) is 23.7 Å². The molecule has 14 heteroatoms. The maximum Gasteiger partial charge on any atom is 0.407 e. The second kappa shape index (κ2) is 17.8. The van der Waals surface area contributed by atoms with Crippen molar-refractivity contribution in [3.63, 3.8) is 0 Å². The van der Waals surface area contributed by atoms with Crippen molar-refractivity contribution >= 4 is 46.1 Å². The Balaban J connectivity index is 1.02. The molecule has 0 radical (unpaired) electrons. The molecule has 0 unspecified atom stereocenters. The van der Waals surface area contributed by atoms with Crippen LogP contribution in [0.25, 0.3) is 44.3 Å². The Hall–Kier alpha value is -5.92. The van der Waals surface area contributed by atoms with Gasteiger partial charge in [0, 0.05) is 13.1 Å². The van der Waals surface area contributed by atoms with Crippen LogP contribution in [0.1, 0.15) is 121 Å². The summed E-state index contributed by atoms with van der Waals surface area (Å²) < 4.78 is 9.67. The Morgan fingerprint density at radius 1 is 0.662 bits per heavy atom. The van der Waals surface area contributed by atoms with Crippen LogP contribution in [0.2, 0.25) is 0 Å². The summed E-state index contributed by atoms with van der Waals surface area (Å²) in [6.45, 7) is 11.3. The largest absolute Gasteiger partial charge is 0.453 e. The number of benzene rings is 3. The van der Waals surface area contributed by atoms with Crippen molar-refractivity contribution in [1.29, 1.82) is 0 Å². The monoisotopic (exact) mass is 884 g/mol. The smallest absolute Gasteiger partial charge is 0.407 e. The van der Waals surface area contributed by atoms with Crippen LogP contribution in [0, 0.1) is 23.2 Å². The maximum absolute atomic E-state index is 13.9. The number of rotatable bonds is 10. The first-order valence-electron chi connectivity index (χ1n) is 23.7. The number of amides is 4. The summed E-state index contributed by atoms with van der Waals surface area (Å²) >= 11 is 0. The number of alkyl carbamates (subject to hydrolysis) is 2. The molecule has 3 aromatic carbocycles. The summed E-state index contributed by atoms with van der Waals surface area (Å²) in [4.78, 5) is 73.1. The predicted octanol–water partition coefficient (Wildman–Crippen LogP) is 9.16. The van der Waals surface area contributed by atoms with E-state index >= 15 is 0 Å². The summed E-state index contributed by atoms with van der Waals surface area (Å²) in [6.07, 6.45) is 9.09. The van der Waals surface area contributed by atoms with Crippen molar-refractivity contribution in [3.8, 4) is 22.3 Å². The van der Waals surface area contributed by atoms with Crippen molar-refractivity contribution in [1.82, 2.24) is 40.4 Å². The molecule has 4 aliphatic rings. The molecule has 4 heterocycles. The van der Waals surface area contributed by atoms with Gasteiger partial charge in [-0.25, -0.2) is 19.6 Å². The third-order valence-corrected chi connectivity index (χ3v) is 15.0. The van der Waals surface area contributed by atoms with E-state index < -0.39 is 24.3 Å². The zero-order valence-corrected chi connectivity index (χ0v) is 38.9. The highest BCUT2D eigenvalue weighted by Gasteiger charge is 2.43. The Bertz CT molecular complexity index is 2450. The van der Waals surface area contributed by atoms with E-state index in [0.717, 1.165) is 89.3 Å². The first-order chi connectivity index (χ1) is 31.3. The van der Waals surface area contributed by atoms with E-state index in [-0.39, 0.29) is 41.1 Å². The third kappa shape index (κ3) is 8.44. The highest BCUT2D eigenvalue weighted by Crippen LogP contribution is 2.53. The molecule has 9 rings (SSSR count). The predicted molar refractivity (Wildman–Crippen MR) is 250 cm³/mol. The second-order valence-electron chi connectivity index (χ2n) is 20.0. The van der Waals surface area contributed by atoms with Crippen LogP contribution in [0.3, 0.4) is 0 Å². The molecule has 4 N–H and O–H groups in total. The summed E-state index contributed by atoms with van der Waals surface area (Å²) in [5, 5.41) is 5.50.